The Hall–Kier alpha value is -2.08. The first-order valence-corrected chi connectivity index (χ1v) is 13.3. The Kier molecular flexibility index (Phi) is 9.40. The van der Waals surface area contributed by atoms with Gasteiger partial charge >= 0.3 is 0 Å². The van der Waals surface area contributed by atoms with Crippen molar-refractivity contribution in [1.29, 1.82) is 0 Å². The molecule has 3 rings (SSSR count). The zero-order valence-corrected chi connectivity index (χ0v) is 21.4. The standard InChI is InChI=1S/C28H45N3O3/c1-20-19-31(17-15-28(20,3)23-10-7-11-24(32)18-23)16-14-25(22-8-5-4-6-9-22)27(34)30-21(2)12-13-26(29)33/h7,10-11,18,20-22,25,32H,4-6,8-9,12-17,19H2,1-3H3,(H2,29,33)(H,30,34). The maximum absolute atomic E-state index is 13.3. The summed E-state index contributed by atoms with van der Waals surface area (Å²) in [7, 11) is 0. The average Bonchev–Trinajstić information content (AvgIpc) is 2.81. The molecule has 4 N–H and O–H groups in total. The number of primary amides is 1. The van der Waals surface area contributed by atoms with E-state index < -0.39 is 0 Å². The van der Waals surface area contributed by atoms with Gasteiger partial charge in [-0.05, 0) is 87.1 Å². The van der Waals surface area contributed by atoms with Crippen molar-refractivity contribution in [2.75, 3.05) is 19.6 Å². The molecule has 190 valence electrons. The Morgan fingerprint density at radius 2 is 1.97 bits per heavy atom. The van der Waals surface area contributed by atoms with Gasteiger partial charge < -0.3 is 21.1 Å². The minimum atomic E-state index is -0.318. The fraction of sp³-hybridized carbons (Fsp3) is 0.714. The molecule has 0 radical (unpaired) electrons. The Morgan fingerprint density at radius 3 is 2.62 bits per heavy atom. The maximum atomic E-state index is 13.3. The van der Waals surface area contributed by atoms with Gasteiger partial charge in [0.15, 0.2) is 0 Å². The lowest BCUT2D eigenvalue weighted by molar-refractivity contribution is -0.128. The number of rotatable bonds is 10. The molecular formula is C28H45N3O3. The first kappa shape index (κ1) is 26.5. The van der Waals surface area contributed by atoms with Crippen LogP contribution in [-0.4, -0.2) is 47.5 Å². The molecule has 34 heavy (non-hydrogen) atoms. The summed E-state index contributed by atoms with van der Waals surface area (Å²) < 4.78 is 0. The summed E-state index contributed by atoms with van der Waals surface area (Å²) in [5.74, 6) is 1.11. The lowest BCUT2D eigenvalue weighted by Gasteiger charge is -2.45. The molecule has 4 unspecified atom stereocenters. The van der Waals surface area contributed by atoms with Crippen LogP contribution in [0.3, 0.4) is 0 Å². The van der Waals surface area contributed by atoms with Crippen LogP contribution in [0.15, 0.2) is 24.3 Å². The van der Waals surface area contributed by atoms with E-state index in [1.165, 1.54) is 24.8 Å². The van der Waals surface area contributed by atoms with Crippen LogP contribution in [-0.2, 0) is 15.0 Å². The van der Waals surface area contributed by atoms with Crippen molar-refractivity contribution >= 4 is 11.8 Å². The normalized spacial score (nSPS) is 26.0. The fourth-order valence-electron chi connectivity index (χ4n) is 6.03. The first-order chi connectivity index (χ1) is 16.2. The van der Waals surface area contributed by atoms with Crippen LogP contribution in [0.5, 0.6) is 5.75 Å². The SMILES string of the molecule is CC(CCC(N)=O)NC(=O)C(CCN1CCC(C)(c2cccc(O)c2)C(C)C1)C1CCCCC1. The van der Waals surface area contributed by atoms with E-state index in [1.54, 1.807) is 6.07 Å². The summed E-state index contributed by atoms with van der Waals surface area (Å²) in [5, 5.41) is 13.1. The zero-order chi connectivity index (χ0) is 24.7. The zero-order valence-electron chi connectivity index (χ0n) is 21.4. The summed E-state index contributed by atoms with van der Waals surface area (Å²) in [6.45, 7) is 9.53. The Labute approximate surface area is 205 Å². The van der Waals surface area contributed by atoms with Gasteiger partial charge in [-0.2, -0.15) is 0 Å². The summed E-state index contributed by atoms with van der Waals surface area (Å²) in [6.07, 6.45) is 8.81. The molecule has 0 spiro atoms. The molecule has 6 nitrogen and oxygen atoms in total. The molecule has 1 aromatic rings. The third-order valence-corrected chi connectivity index (χ3v) is 8.60. The van der Waals surface area contributed by atoms with Gasteiger partial charge in [-0.25, -0.2) is 0 Å². The van der Waals surface area contributed by atoms with Gasteiger partial charge in [0.05, 0.1) is 0 Å². The Morgan fingerprint density at radius 1 is 1.24 bits per heavy atom. The Balaban J connectivity index is 1.59. The third-order valence-electron chi connectivity index (χ3n) is 8.60. The van der Waals surface area contributed by atoms with Crippen molar-refractivity contribution < 1.29 is 14.7 Å². The van der Waals surface area contributed by atoms with Crippen LogP contribution in [0.1, 0.15) is 84.1 Å². The maximum Gasteiger partial charge on any atom is 0.223 e. The predicted octanol–water partition coefficient (Wildman–Crippen LogP) is 4.35. The van der Waals surface area contributed by atoms with Gasteiger partial charge in [0.2, 0.25) is 11.8 Å². The molecule has 2 amide bonds. The van der Waals surface area contributed by atoms with E-state index in [2.05, 4.69) is 30.1 Å². The van der Waals surface area contributed by atoms with Crippen molar-refractivity contribution in [2.24, 2.45) is 23.5 Å². The highest BCUT2D eigenvalue weighted by molar-refractivity contribution is 5.79. The van der Waals surface area contributed by atoms with Crippen LogP contribution in [0, 0.1) is 17.8 Å². The molecule has 6 heteroatoms. The van der Waals surface area contributed by atoms with Crippen LogP contribution in [0.2, 0.25) is 0 Å². The number of carbonyl (C=O) groups is 2. The summed E-state index contributed by atoms with van der Waals surface area (Å²) in [5.41, 5.74) is 6.54. The van der Waals surface area contributed by atoms with E-state index in [0.717, 1.165) is 45.3 Å². The molecule has 1 aliphatic carbocycles. The molecule has 1 aliphatic heterocycles. The summed E-state index contributed by atoms with van der Waals surface area (Å²) in [4.78, 5) is 26.9. The number of hydrogen-bond donors (Lipinski definition) is 3. The first-order valence-electron chi connectivity index (χ1n) is 13.3. The number of likely N-dealkylation sites (tertiary alicyclic amines) is 1. The molecule has 1 aromatic carbocycles. The quantitative estimate of drug-likeness (QED) is 0.473. The second-order valence-corrected chi connectivity index (χ2v) is 11.1. The highest BCUT2D eigenvalue weighted by Crippen LogP contribution is 2.40. The second kappa shape index (κ2) is 12.1. The smallest absolute Gasteiger partial charge is 0.223 e. The molecule has 1 saturated carbocycles. The minimum Gasteiger partial charge on any atom is -0.508 e. The van der Waals surface area contributed by atoms with Crippen molar-refractivity contribution in [3.8, 4) is 5.75 Å². The number of benzene rings is 1. The number of aromatic hydroxyl groups is 1. The molecule has 2 fully saturated rings. The number of nitrogens with two attached hydrogens (primary N) is 1. The van der Waals surface area contributed by atoms with Gasteiger partial charge in [-0.3, -0.25) is 9.59 Å². The van der Waals surface area contributed by atoms with E-state index in [1.807, 2.05) is 19.1 Å². The number of carbonyl (C=O) groups excluding carboxylic acids is 2. The monoisotopic (exact) mass is 471 g/mol. The number of phenolic OH excluding ortho intramolecular Hbond substituents is 1. The van der Waals surface area contributed by atoms with Crippen molar-refractivity contribution in [1.82, 2.24) is 10.2 Å². The molecule has 1 saturated heterocycles. The number of amides is 2. The van der Waals surface area contributed by atoms with Gasteiger partial charge in [-0.15, -0.1) is 0 Å². The van der Waals surface area contributed by atoms with Gasteiger partial charge in [0, 0.05) is 24.9 Å². The molecule has 4 atom stereocenters. The lowest BCUT2D eigenvalue weighted by Crippen LogP contribution is -2.48. The highest BCUT2D eigenvalue weighted by Gasteiger charge is 2.39. The highest BCUT2D eigenvalue weighted by atomic mass is 16.3. The van der Waals surface area contributed by atoms with Gasteiger partial charge in [-0.1, -0.05) is 45.2 Å². The largest absolute Gasteiger partial charge is 0.508 e. The minimum absolute atomic E-state index is 0.0333. The van der Waals surface area contributed by atoms with E-state index in [4.69, 9.17) is 5.73 Å². The van der Waals surface area contributed by atoms with Gasteiger partial charge in [0.25, 0.3) is 0 Å². The number of nitrogens with one attached hydrogen (secondary N) is 1. The average molecular weight is 472 g/mol. The third kappa shape index (κ3) is 6.97. The van der Waals surface area contributed by atoms with Crippen molar-refractivity contribution in [3.05, 3.63) is 29.8 Å². The van der Waals surface area contributed by atoms with Crippen LogP contribution >= 0.6 is 0 Å². The molecule has 2 aliphatic rings. The number of phenols is 1. The summed E-state index contributed by atoms with van der Waals surface area (Å²) in [6, 6.07) is 7.68. The molecule has 0 aromatic heterocycles. The number of hydrogen-bond acceptors (Lipinski definition) is 4. The lowest BCUT2D eigenvalue weighted by atomic mass is 9.68. The van der Waals surface area contributed by atoms with Crippen LogP contribution in [0.4, 0.5) is 0 Å². The number of piperidine rings is 1. The molecule has 1 heterocycles. The van der Waals surface area contributed by atoms with Crippen molar-refractivity contribution in [2.45, 2.75) is 90.0 Å². The van der Waals surface area contributed by atoms with E-state index in [-0.39, 0.29) is 29.2 Å². The topological polar surface area (TPSA) is 95.7 Å². The molecular weight excluding hydrogens is 426 g/mol. The fourth-order valence-corrected chi connectivity index (χ4v) is 6.03. The van der Waals surface area contributed by atoms with Gasteiger partial charge in [0.1, 0.15) is 5.75 Å². The number of nitrogens with zero attached hydrogens (tertiary/aromatic N) is 1. The predicted molar refractivity (Wildman–Crippen MR) is 136 cm³/mol. The summed E-state index contributed by atoms with van der Waals surface area (Å²) >= 11 is 0. The van der Waals surface area contributed by atoms with E-state index >= 15 is 0 Å². The van der Waals surface area contributed by atoms with Crippen LogP contribution in [0.25, 0.3) is 0 Å². The molecule has 0 bridgehead atoms. The van der Waals surface area contributed by atoms with Crippen LogP contribution < -0.4 is 11.1 Å². The Bertz CT molecular complexity index is 823. The van der Waals surface area contributed by atoms with Crippen molar-refractivity contribution in [3.63, 3.8) is 0 Å². The van der Waals surface area contributed by atoms with E-state index in [9.17, 15) is 14.7 Å². The van der Waals surface area contributed by atoms with E-state index in [0.29, 0.717) is 30.4 Å². The second-order valence-electron chi connectivity index (χ2n) is 11.1.